The van der Waals surface area contributed by atoms with Crippen LogP contribution in [0.25, 0.3) is 0 Å². The number of nitrogens with one attached hydrogen (secondary N) is 1. The molecule has 1 aliphatic rings. The van der Waals surface area contributed by atoms with Crippen LogP contribution in [0.5, 0.6) is 5.75 Å². The van der Waals surface area contributed by atoms with E-state index in [0.29, 0.717) is 22.4 Å². The van der Waals surface area contributed by atoms with Crippen molar-refractivity contribution in [1.29, 1.82) is 0 Å². The van der Waals surface area contributed by atoms with Crippen molar-refractivity contribution in [3.63, 3.8) is 0 Å². The third kappa shape index (κ3) is 1.85. The van der Waals surface area contributed by atoms with Gasteiger partial charge >= 0.3 is 0 Å². The zero-order valence-corrected chi connectivity index (χ0v) is 10.2. The molecule has 1 heterocycles. The van der Waals surface area contributed by atoms with Gasteiger partial charge in [-0.3, -0.25) is 0 Å². The highest BCUT2D eigenvalue weighted by Crippen LogP contribution is 2.42. The number of ether oxygens (including phenoxy) is 1. The maximum Gasteiger partial charge on any atom is 0.150 e. The largest absolute Gasteiger partial charge is 0.490 e. The van der Waals surface area contributed by atoms with Crippen LogP contribution in [-0.2, 0) is 4.84 Å². The van der Waals surface area contributed by atoms with E-state index in [0.717, 1.165) is 0 Å². The number of fused-ring (bicyclic) bond motifs is 1. The normalized spacial score (nSPS) is 18.8. The van der Waals surface area contributed by atoms with Gasteiger partial charge in [0, 0.05) is 0 Å². The number of hydrogen-bond acceptors (Lipinski definition) is 3. The molecule has 0 bridgehead atoms. The quantitative estimate of drug-likeness (QED) is 0.672. The Hall–Kier alpha value is -0.360. The minimum Gasteiger partial charge on any atom is -0.490 e. The number of hydrogen-bond donors (Lipinski definition) is 1. The lowest BCUT2D eigenvalue weighted by molar-refractivity contribution is 0.0528. The van der Waals surface area contributed by atoms with Crippen molar-refractivity contribution >= 4 is 27.5 Å². The molecule has 0 saturated carbocycles. The van der Waals surface area contributed by atoms with Crippen molar-refractivity contribution in [2.24, 2.45) is 0 Å². The van der Waals surface area contributed by atoms with Crippen LogP contribution in [0.3, 0.4) is 0 Å². The smallest absolute Gasteiger partial charge is 0.150 e. The second-order valence-corrected chi connectivity index (χ2v) is 4.34. The van der Waals surface area contributed by atoms with Gasteiger partial charge in [0.25, 0.3) is 0 Å². The molecular formula is C9H8BrClFNO2. The number of benzene rings is 1. The Balaban J connectivity index is 2.50. The Kier molecular flexibility index (Phi) is 3.16. The molecule has 0 fully saturated rings. The predicted octanol–water partition coefficient (Wildman–Crippen LogP) is 2.83. The second kappa shape index (κ2) is 4.25. The Bertz CT molecular complexity index is 402. The summed E-state index contributed by atoms with van der Waals surface area (Å²) in [4.78, 5) is 4.76. The standard InChI is InChI=1S/C9H8BrClFNO2/c1-14-13-6-3-15-9-4(10)2-5(11)8(12)7(6)9/h2,6,13H,3H2,1H3. The maximum absolute atomic E-state index is 13.7. The lowest BCUT2D eigenvalue weighted by Crippen LogP contribution is -2.21. The Labute approximate surface area is 99.6 Å². The average Bonchev–Trinajstić information content (AvgIpc) is 2.60. The van der Waals surface area contributed by atoms with Crippen LogP contribution in [0.2, 0.25) is 5.02 Å². The zero-order valence-electron chi connectivity index (χ0n) is 7.81. The van der Waals surface area contributed by atoms with Gasteiger partial charge in [-0.15, -0.1) is 0 Å². The van der Waals surface area contributed by atoms with E-state index >= 15 is 0 Å². The average molecular weight is 297 g/mol. The molecule has 2 rings (SSSR count). The molecule has 0 aliphatic carbocycles. The summed E-state index contributed by atoms with van der Waals surface area (Å²) in [6.07, 6.45) is 0. The molecule has 1 N–H and O–H groups in total. The van der Waals surface area contributed by atoms with Crippen molar-refractivity contribution in [2.45, 2.75) is 6.04 Å². The van der Waals surface area contributed by atoms with E-state index in [-0.39, 0.29) is 11.1 Å². The van der Waals surface area contributed by atoms with Crippen LogP contribution < -0.4 is 10.2 Å². The van der Waals surface area contributed by atoms with Gasteiger partial charge in [0.05, 0.1) is 28.2 Å². The molecule has 15 heavy (non-hydrogen) atoms. The number of rotatable bonds is 2. The molecule has 6 heteroatoms. The Morgan fingerprint density at radius 1 is 1.73 bits per heavy atom. The van der Waals surface area contributed by atoms with Crippen LogP contribution in [0.1, 0.15) is 11.6 Å². The third-order valence-electron chi connectivity index (χ3n) is 2.16. The van der Waals surface area contributed by atoms with Crippen LogP contribution in [-0.4, -0.2) is 13.7 Å². The number of halogens is 3. The maximum atomic E-state index is 13.7. The van der Waals surface area contributed by atoms with Crippen molar-refractivity contribution in [3.05, 3.63) is 26.9 Å². The first-order chi connectivity index (χ1) is 7.15. The summed E-state index contributed by atoms with van der Waals surface area (Å²) < 4.78 is 19.7. The summed E-state index contributed by atoms with van der Waals surface area (Å²) >= 11 is 9.00. The molecule has 0 spiro atoms. The monoisotopic (exact) mass is 295 g/mol. The molecule has 0 amide bonds. The van der Waals surface area contributed by atoms with Crippen molar-refractivity contribution < 1.29 is 14.0 Å². The van der Waals surface area contributed by atoms with Crippen molar-refractivity contribution in [2.75, 3.05) is 13.7 Å². The molecule has 82 valence electrons. The summed E-state index contributed by atoms with van der Waals surface area (Å²) in [6, 6.07) is 1.14. The van der Waals surface area contributed by atoms with Crippen molar-refractivity contribution in [3.8, 4) is 5.75 Å². The van der Waals surface area contributed by atoms with E-state index in [1.165, 1.54) is 13.2 Å². The van der Waals surface area contributed by atoms with Gasteiger partial charge in [0.15, 0.2) is 5.82 Å². The van der Waals surface area contributed by atoms with Crippen LogP contribution >= 0.6 is 27.5 Å². The first-order valence-electron chi connectivity index (χ1n) is 4.24. The second-order valence-electron chi connectivity index (χ2n) is 3.08. The Morgan fingerprint density at radius 2 is 2.47 bits per heavy atom. The summed E-state index contributed by atoms with van der Waals surface area (Å²) in [6.45, 7) is 0.318. The topological polar surface area (TPSA) is 30.5 Å². The highest BCUT2D eigenvalue weighted by atomic mass is 79.9. The van der Waals surface area contributed by atoms with Crippen LogP contribution in [0, 0.1) is 5.82 Å². The van der Waals surface area contributed by atoms with Crippen molar-refractivity contribution in [1.82, 2.24) is 5.48 Å². The lowest BCUT2D eigenvalue weighted by atomic mass is 10.1. The van der Waals surface area contributed by atoms with E-state index in [1.807, 2.05) is 0 Å². The van der Waals surface area contributed by atoms with Crippen LogP contribution in [0.15, 0.2) is 10.5 Å². The molecule has 1 aromatic rings. The van der Waals surface area contributed by atoms with Gasteiger partial charge in [-0.25, -0.2) is 4.39 Å². The lowest BCUT2D eigenvalue weighted by Gasteiger charge is -2.10. The molecule has 1 aliphatic heterocycles. The number of hydroxylamine groups is 1. The van der Waals surface area contributed by atoms with Gasteiger partial charge in [-0.2, -0.15) is 5.48 Å². The third-order valence-corrected chi connectivity index (χ3v) is 3.03. The summed E-state index contributed by atoms with van der Waals surface area (Å²) in [5, 5.41) is 0.0639. The fourth-order valence-electron chi connectivity index (χ4n) is 1.54. The molecular weight excluding hydrogens is 288 g/mol. The van der Waals surface area contributed by atoms with Gasteiger partial charge in [0.1, 0.15) is 12.4 Å². The highest BCUT2D eigenvalue weighted by molar-refractivity contribution is 9.10. The molecule has 3 nitrogen and oxygen atoms in total. The van der Waals surface area contributed by atoms with E-state index in [1.54, 1.807) is 0 Å². The minimum absolute atomic E-state index is 0.0639. The zero-order chi connectivity index (χ0) is 11.0. The van der Waals surface area contributed by atoms with E-state index < -0.39 is 5.82 Å². The SMILES string of the molecule is CONC1COc2c(Br)cc(Cl)c(F)c21. The first kappa shape index (κ1) is 11.1. The minimum atomic E-state index is -0.470. The predicted molar refractivity (Wildman–Crippen MR) is 57.5 cm³/mol. The molecule has 1 atom stereocenters. The van der Waals surface area contributed by atoms with E-state index in [9.17, 15) is 4.39 Å². The summed E-state index contributed by atoms with van der Waals surface area (Å²) in [5.41, 5.74) is 3.05. The summed E-state index contributed by atoms with van der Waals surface area (Å²) in [5.74, 6) is 0.00775. The Morgan fingerprint density at radius 3 is 3.13 bits per heavy atom. The van der Waals surface area contributed by atoms with E-state index in [2.05, 4.69) is 21.4 Å². The highest BCUT2D eigenvalue weighted by Gasteiger charge is 2.31. The van der Waals surface area contributed by atoms with Gasteiger partial charge < -0.3 is 9.57 Å². The first-order valence-corrected chi connectivity index (χ1v) is 5.41. The molecule has 0 radical (unpaired) electrons. The van der Waals surface area contributed by atoms with Gasteiger partial charge in [-0.1, -0.05) is 11.6 Å². The molecule has 0 saturated heterocycles. The fraction of sp³-hybridized carbons (Fsp3) is 0.333. The van der Waals surface area contributed by atoms with E-state index in [4.69, 9.17) is 21.2 Å². The van der Waals surface area contributed by atoms with Gasteiger partial charge in [-0.05, 0) is 22.0 Å². The fourth-order valence-corrected chi connectivity index (χ4v) is 2.44. The molecule has 1 aromatic carbocycles. The molecule has 1 unspecified atom stereocenters. The van der Waals surface area contributed by atoms with Crippen LogP contribution in [0.4, 0.5) is 4.39 Å². The summed E-state index contributed by atoms with van der Waals surface area (Å²) in [7, 11) is 1.47. The molecule has 0 aromatic heterocycles. The van der Waals surface area contributed by atoms with Gasteiger partial charge in [0.2, 0.25) is 0 Å².